The summed E-state index contributed by atoms with van der Waals surface area (Å²) in [5, 5.41) is 18.3. The van der Waals surface area contributed by atoms with Crippen LogP contribution in [0.15, 0.2) is 35.7 Å². The van der Waals surface area contributed by atoms with Gasteiger partial charge in [0.1, 0.15) is 5.69 Å². The van der Waals surface area contributed by atoms with E-state index in [2.05, 4.69) is 15.6 Å². The number of nitrogens with zero attached hydrogens (tertiary/aromatic N) is 1. The van der Waals surface area contributed by atoms with E-state index in [-0.39, 0.29) is 11.9 Å². The quantitative estimate of drug-likeness (QED) is 0.766. The van der Waals surface area contributed by atoms with Crippen molar-refractivity contribution in [3.63, 3.8) is 0 Å². The van der Waals surface area contributed by atoms with Crippen LogP contribution in [0.5, 0.6) is 0 Å². The summed E-state index contributed by atoms with van der Waals surface area (Å²) in [7, 11) is 1.76. The molecule has 2 unspecified atom stereocenters. The van der Waals surface area contributed by atoms with E-state index in [1.807, 2.05) is 37.3 Å². The smallest absolute Gasteiger partial charge is 0.271 e. The average Bonchev–Trinajstić information content (AvgIpc) is 2.97. The molecule has 0 fully saturated rings. The van der Waals surface area contributed by atoms with Gasteiger partial charge in [-0.3, -0.25) is 4.79 Å². The van der Waals surface area contributed by atoms with Crippen LogP contribution in [0.4, 0.5) is 5.13 Å². The summed E-state index contributed by atoms with van der Waals surface area (Å²) < 4.78 is 0. The first-order valence-corrected chi connectivity index (χ1v) is 7.65. The number of hydrogen-bond acceptors (Lipinski definition) is 5. The van der Waals surface area contributed by atoms with Crippen molar-refractivity contribution in [1.29, 1.82) is 0 Å². The summed E-state index contributed by atoms with van der Waals surface area (Å²) in [6.07, 6.45) is -0.136. The molecule has 1 aromatic carbocycles. The van der Waals surface area contributed by atoms with Crippen LogP contribution in [0.25, 0.3) is 0 Å². The highest BCUT2D eigenvalue weighted by atomic mass is 32.1. The first-order valence-electron chi connectivity index (χ1n) is 6.77. The van der Waals surface area contributed by atoms with Crippen LogP contribution >= 0.6 is 11.3 Å². The van der Waals surface area contributed by atoms with Crippen molar-refractivity contribution >= 4 is 22.4 Å². The number of amides is 1. The van der Waals surface area contributed by atoms with Crippen molar-refractivity contribution in [3.05, 3.63) is 47.0 Å². The molecule has 0 aliphatic heterocycles. The molecule has 0 aliphatic carbocycles. The zero-order valence-corrected chi connectivity index (χ0v) is 12.9. The zero-order chi connectivity index (χ0) is 15.2. The van der Waals surface area contributed by atoms with Gasteiger partial charge in [-0.2, -0.15) is 0 Å². The monoisotopic (exact) mass is 305 g/mol. The Morgan fingerprint density at radius 2 is 2.10 bits per heavy atom. The minimum Gasteiger partial charge on any atom is -0.388 e. The number of aliphatic hydroxyl groups excluding tert-OH is 1. The molecule has 6 heteroatoms. The second-order valence-electron chi connectivity index (χ2n) is 4.82. The molecule has 0 saturated carbocycles. The van der Waals surface area contributed by atoms with Gasteiger partial charge < -0.3 is 15.7 Å². The molecule has 112 valence electrons. The molecular formula is C15H19N3O2S. The molecule has 0 bridgehead atoms. The standard InChI is InChI=1S/C15H19N3O2S/c1-10(8-13(19)11-6-4-3-5-7-11)17-14(20)12-9-21-15(16-2)18-12/h3-7,9-10,13,19H,8H2,1-2H3,(H,16,18)(H,17,20). The van der Waals surface area contributed by atoms with E-state index < -0.39 is 6.10 Å². The lowest BCUT2D eigenvalue weighted by Crippen LogP contribution is -2.34. The van der Waals surface area contributed by atoms with Gasteiger partial charge in [0.05, 0.1) is 6.10 Å². The summed E-state index contributed by atoms with van der Waals surface area (Å²) in [4.78, 5) is 16.2. The first-order chi connectivity index (χ1) is 10.1. The lowest BCUT2D eigenvalue weighted by Gasteiger charge is -2.17. The van der Waals surface area contributed by atoms with Crippen molar-refractivity contribution in [3.8, 4) is 0 Å². The van der Waals surface area contributed by atoms with Gasteiger partial charge in [0.25, 0.3) is 5.91 Å². The molecule has 0 saturated heterocycles. The van der Waals surface area contributed by atoms with Gasteiger partial charge in [0, 0.05) is 18.5 Å². The number of rotatable bonds is 6. The summed E-state index contributed by atoms with van der Waals surface area (Å²) in [6, 6.07) is 9.28. The third kappa shape index (κ3) is 4.27. The Morgan fingerprint density at radius 1 is 1.38 bits per heavy atom. The number of thiazole rings is 1. The molecule has 2 rings (SSSR count). The number of nitrogens with one attached hydrogen (secondary N) is 2. The van der Waals surface area contributed by atoms with E-state index in [1.165, 1.54) is 11.3 Å². The fourth-order valence-electron chi connectivity index (χ4n) is 2.00. The van der Waals surface area contributed by atoms with Crippen LogP contribution in [0, 0.1) is 0 Å². The predicted molar refractivity (Wildman–Crippen MR) is 84.6 cm³/mol. The van der Waals surface area contributed by atoms with Crippen LogP contribution in [-0.4, -0.2) is 29.1 Å². The molecule has 3 N–H and O–H groups in total. The largest absolute Gasteiger partial charge is 0.388 e. The van der Waals surface area contributed by atoms with Gasteiger partial charge in [-0.05, 0) is 18.9 Å². The topological polar surface area (TPSA) is 74.2 Å². The third-order valence-electron chi connectivity index (χ3n) is 3.09. The van der Waals surface area contributed by atoms with Crippen molar-refractivity contribution in [2.24, 2.45) is 0 Å². The fourth-order valence-corrected chi connectivity index (χ4v) is 2.65. The minimum atomic E-state index is -0.593. The number of carbonyl (C=O) groups excluding carboxylic acids is 1. The number of carbonyl (C=O) groups is 1. The van der Waals surface area contributed by atoms with Gasteiger partial charge in [0.15, 0.2) is 5.13 Å². The van der Waals surface area contributed by atoms with Crippen LogP contribution < -0.4 is 10.6 Å². The molecule has 5 nitrogen and oxygen atoms in total. The SMILES string of the molecule is CNc1nc(C(=O)NC(C)CC(O)c2ccccc2)cs1. The van der Waals surface area contributed by atoms with Crippen molar-refractivity contribution in [2.45, 2.75) is 25.5 Å². The molecule has 1 heterocycles. The van der Waals surface area contributed by atoms with Gasteiger partial charge in [-0.25, -0.2) is 4.98 Å². The molecular weight excluding hydrogens is 286 g/mol. The fraction of sp³-hybridized carbons (Fsp3) is 0.333. The Labute approximate surface area is 128 Å². The minimum absolute atomic E-state index is 0.146. The summed E-state index contributed by atoms with van der Waals surface area (Å²) in [6.45, 7) is 1.87. The maximum absolute atomic E-state index is 12.0. The Hall–Kier alpha value is -1.92. The Kier molecular flexibility index (Phi) is 5.30. The number of hydrogen-bond donors (Lipinski definition) is 3. The van der Waals surface area contributed by atoms with E-state index in [0.29, 0.717) is 17.2 Å². The lowest BCUT2D eigenvalue weighted by atomic mass is 10.0. The molecule has 0 spiro atoms. The van der Waals surface area contributed by atoms with Crippen molar-refractivity contribution < 1.29 is 9.90 Å². The van der Waals surface area contributed by atoms with Crippen LogP contribution in [0.3, 0.4) is 0 Å². The number of benzene rings is 1. The van der Waals surface area contributed by atoms with E-state index >= 15 is 0 Å². The third-order valence-corrected chi connectivity index (χ3v) is 3.95. The highest BCUT2D eigenvalue weighted by Crippen LogP contribution is 2.18. The second-order valence-corrected chi connectivity index (χ2v) is 5.68. The number of aliphatic hydroxyl groups is 1. The molecule has 0 aliphatic rings. The maximum Gasteiger partial charge on any atom is 0.271 e. The highest BCUT2D eigenvalue weighted by molar-refractivity contribution is 7.13. The Balaban J connectivity index is 1.89. The summed E-state index contributed by atoms with van der Waals surface area (Å²) >= 11 is 1.38. The van der Waals surface area contributed by atoms with E-state index in [0.717, 1.165) is 5.56 Å². The molecule has 21 heavy (non-hydrogen) atoms. The molecule has 0 radical (unpaired) electrons. The second kappa shape index (κ2) is 7.19. The highest BCUT2D eigenvalue weighted by Gasteiger charge is 2.16. The van der Waals surface area contributed by atoms with E-state index in [9.17, 15) is 9.90 Å². The summed E-state index contributed by atoms with van der Waals surface area (Å²) in [5.41, 5.74) is 1.25. The molecule has 1 aromatic heterocycles. The molecule has 2 atom stereocenters. The number of aromatic nitrogens is 1. The van der Waals surface area contributed by atoms with Crippen LogP contribution in [0.1, 0.15) is 35.5 Å². The first kappa shape index (κ1) is 15.5. The number of anilines is 1. The van der Waals surface area contributed by atoms with Crippen LogP contribution in [-0.2, 0) is 0 Å². The van der Waals surface area contributed by atoms with Crippen molar-refractivity contribution in [2.75, 3.05) is 12.4 Å². The Bertz CT molecular complexity index is 586. The van der Waals surface area contributed by atoms with Gasteiger partial charge in [0.2, 0.25) is 0 Å². The molecule has 1 amide bonds. The Morgan fingerprint density at radius 3 is 2.71 bits per heavy atom. The lowest BCUT2D eigenvalue weighted by molar-refractivity contribution is 0.0913. The van der Waals surface area contributed by atoms with E-state index in [4.69, 9.17) is 0 Å². The zero-order valence-electron chi connectivity index (χ0n) is 12.0. The van der Waals surface area contributed by atoms with E-state index in [1.54, 1.807) is 12.4 Å². The molecule has 2 aromatic rings. The normalized spacial score (nSPS) is 13.5. The van der Waals surface area contributed by atoms with Gasteiger partial charge in [-0.15, -0.1) is 11.3 Å². The van der Waals surface area contributed by atoms with Crippen LogP contribution in [0.2, 0.25) is 0 Å². The van der Waals surface area contributed by atoms with Gasteiger partial charge in [-0.1, -0.05) is 30.3 Å². The predicted octanol–water partition coefficient (Wildman–Crippen LogP) is 2.43. The average molecular weight is 305 g/mol. The van der Waals surface area contributed by atoms with Crippen molar-refractivity contribution in [1.82, 2.24) is 10.3 Å². The van der Waals surface area contributed by atoms with Gasteiger partial charge >= 0.3 is 0 Å². The summed E-state index contributed by atoms with van der Waals surface area (Å²) in [5.74, 6) is -0.222. The maximum atomic E-state index is 12.0.